The van der Waals surface area contributed by atoms with Crippen LogP contribution in [0.2, 0.25) is 0 Å². The van der Waals surface area contributed by atoms with E-state index < -0.39 is 0 Å². The molecule has 0 saturated carbocycles. The lowest BCUT2D eigenvalue weighted by Gasteiger charge is -2.32. The molecule has 1 N–H and O–H groups in total. The lowest BCUT2D eigenvalue weighted by molar-refractivity contribution is 0.336. The van der Waals surface area contributed by atoms with Crippen LogP contribution in [-0.4, -0.2) is 12.6 Å². The van der Waals surface area contributed by atoms with Gasteiger partial charge in [-0.25, -0.2) is 0 Å². The minimum atomic E-state index is 0.771. The van der Waals surface area contributed by atoms with E-state index in [-0.39, 0.29) is 0 Å². The van der Waals surface area contributed by atoms with Gasteiger partial charge in [-0.15, -0.1) is 0 Å². The smallest absolute Gasteiger partial charge is 0.0189 e. The van der Waals surface area contributed by atoms with Gasteiger partial charge >= 0.3 is 0 Å². The number of hydrogen-bond donors (Lipinski definition) is 1. The van der Waals surface area contributed by atoms with Crippen LogP contribution in [0.1, 0.15) is 17.0 Å². The minimum absolute atomic E-state index is 0.771. The summed E-state index contributed by atoms with van der Waals surface area (Å²) in [4.78, 5) is 0. The number of hydrogen-bond acceptors (Lipinski definition) is 1. The second-order valence-corrected chi connectivity index (χ2v) is 3.52. The highest BCUT2D eigenvalue weighted by Crippen LogP contribution is 2.37. The van der Waals surface area contributed by atoms with Crippen LogP contribution in [0.15, 0.2) is 24.3 Å². The molecule has 1 fully saturated rings. The quantitative estimate of drug-likeness (QED) is 0.580. The standard InChI is InChI=1S/C10H11N/c1-2-4-8-7(3-1)5-10-9(8)6-11-10/h1-4,9-11H,5-6H2. The second-order valence-electron chi connectivity index (χ2n) is 3.52. The van der Waals surface area contributed by atoms with Gasteiger partial charge in [-0.1, -0.05) is 24.3 Å². The second kappa shape index (κ2) is 1.86. The highest BCUT2D eigenvalue weighted by atomic mass is 15.0. The van der Waals surface area contributed by atoms with Gasteiger partial charge in [0, 0.05) is 18.5 Å². The molecule has 1 heteroatoms. The van der Waals surface area contributed by atoms with Crippen LogP contribution in [0.3, 0.4) is 0 Å². The molecule has 1 aliphatic carbocycles. The molecule has 56 valence electrons. The summed E-state index contributed by atoms with van der Waals surface area (Å²) >= 11 is 0. The number of fused-ring (bicyclic) bond motifs is 3. The Kier molecular flexibility index (Phi) is 0.977. The maximum atomic E-state index is 3.45. The molecule has 2 aliphatic rings. The third-order valence-electron chi connectivity index (χ3n) is 2.98. The normalized spacial score (nSPS) is 32.4. The Morgan fingerprint density at radius 3 is 3.00 bits per heavy atom. The van der Waals surface area contributed by atoms with Crippen LogP contribution in [0, 0.1) is 0 Å². The molecule has 0 radical (unpaired) electrons. The first-order valence-corrected chi connectivity index (χ1v) is 4.26. The Morgan fingerprint density at radius 2 is 2.18 bits per heavy atom. The first-order chi connectivity index (χ1) is 5.45. The topological polar surface area (TPSA) is 12.0 Å². The summed E-state index contributed by atoms with van der Waals surface area (Å²) in [6.07, 6.45) is 1.25. The fourth-order valence-corrected chi connectivity index (χ4v) is 2.26. The Hall–Kier alpha value is -0.820. The van der Waals surface area contributed by atoms with E-state index >= 15 is 0 Å². The largest absolute Gasteiger partial charge is 0.312 e. The van der Waals surface area contributed by atoms with Crippen molar-refractivity contribution in [2.45, 2.75) is 18.4 Å². The lowest BCUT2D eigenvalue weighted by atomic mass is 9.92. The Morgan fingerprint density at radius 1 is 1.27 bits per heavy atom. The van der Waals surface area contributed by atoms with Crippen LogP contribution >= 0.6 is 0 Å². The van der Waals surface area contributed by atoms with Gasteiger partial charge in [-0.3, -0.25) is 0 Å². The van der Waals surface area contributed by atoms with Crippen LogP contribution in [0.4, 0.5) is 0 Å². The molecule has 1 aromatic carbocycles. The van der Waals surface area contributed by atoms with Crippen molar-refractivity contribution in [1.82, 2.24) is 5.32 Å². The van der Waals surface area contributed by atoms with Crippen molar-refractivity contribution in [3.63, 3.8) is 0 Å². The first-order valence-electron chi connectivity index (χ1n) is 4.26. The zero-order valence-corrected chi connectivity index (χ0v) is 6.38. The highest BCUT2D eigenvalue weighted by Gasteiger charge is 2.38. The summed E-state index contributed by atoms with van der Waals surface area (Å²) in [6.45, 7) is 1.20. The zero-order chi connectivity index (χ0) is 7.26. The predicted octanol–water partition coefficient (Wildman–Crippen LogP) is 1.30. The van der Waals surface area contributed by atoms with E-state index in [0.717, 1.165) is 12.0 Å². The molecule has 1 saturated heterocycles. The molecule has 0 bridgehead atoms. The van der Waals surface area contributed by atoms with Crippen molar-refractivity contribution in [3.05, 3.63) is 35.4 Å². The number of rotatable bonds is 0. The van der Waals surface area contributed by atoms with Crippen molar-refractivity contribution in [3.8, 4) is 0 Å². The van der Waals surface area contributed by atoms with E-state index in [2.05, 4.69) is 29.6 Å². The maximum Gasteiger partial charge on any atom is 0.0189 e. The summed E-state index contributed by atoms with van der Waals surface area (Å²) in [5, 5.41) is 3.45. The molecule has 11 heavy (non-hydrogen) atoms. The monoisotopic (exact) mass is 145 g/mol. The number of nitrogens with one attached hydrogen (secondary N) is 1. The first kappa shape index (κ1) is 5.78. The molecule has 3 rings (SSSR count). The van der Waals surface area contributed by atoms with Crippen molar-refractivity contribution in [2.75, 3.05) is 6.54 Å². The molecule has 2 atom stereocenters. The molecule has 1 nitrogen and oxygen atoms in total. The van der Waals surface area contributed by atoms with E-state index in [1.165, 1.54) is 13.0 Å². The van der Waals surface area contributed by atoms with Crippen LogP contribution in [-0.2, 0) is 6.42 Å². The van der Waals surface area contributed by atoms with Gasteiger partial charge in [-0.05, 0) is 17.5 Å². The molecule has 1 aliphatic heterocycles. The molecule has 2 unspecified atom stereocenters. The van der Waals surface area contributed by atoms with Gasteiger partial charge in [0.15, 0.2) is 0 Å². The van der Waals surface area contributed by atoms with Gasteiger partial charge in [0.25, 0.3) is 0 Å². The molecule has 0 aromatic heterocycles. The van der Waals surface area contributed by atoms with E-state index in [1.807, 2.05) is 0 Å². The fourth-order valence-electron chi connectivity index (χ4n) is 2.26. The Balaban J connectivity index is 2.14. The number of benzene rings is 1. The summed E-state index contributed by atoms with van der Waals surface area (Å²) in [6, 6.07) is 9.60. The van der Waals surface area contributed by atoms with Crippen molar-refractivity contribution in [2.24, 2.45) is 0 Å². The van der Waals surface area contributed by atoms with E-state index in [1.54, 1.807) is 11.1 Å². The molecule has 1 aromatic rings. The average Bonchev–Trinajstić information content (AvgIpc) is 2.23. The zero-order valence-electron chi connectivity index (χ0n) is 6.38. The summed E-state index contributed by atoms with van der Waals surface area (Å²) in [7, 11) is 0. The SMILES string of the molecule is c1ccc2c(c1)CC1NCC21. The molecular formula is C10H11N. The van der Waals surface area contributed by atoms with Crippen LogP contribution in [0.5, 0.6) is 0 Å². The van der Waals surface area contributed by atoms with Gasteiger partial charge in [-0.2, -0.15) is 0 Å². The van der Waals surface area contributed by atoms with Gasteiger partial charge in [0.1, 0.15) is 0 Å². The van der Waals surface area contributed by atoms with Crippen LogP contribution < -0.4 is 5.32 Å². The Bertz CT molecular complexity index is 293. The maximum absolute atomic E-state index is 3.45. The van der Waals surface area contributed by atoms with Gasteiger partial charge < -0.3 is 5.32 Å². The van der Waals surface area contributed by atoms with Gasteiger partial charge in [0.2, 0.25) is 0 Å². The molecule has 0 spiro atoms. The Labute approximate surface area is 66.4 Å². The average molecular weight is 145 g/mol. The van der Waals surface area contributed by atoms with Crippen LogP contribution in [0.25, 0.3) is 0 Å². The van der Waals surface area contributed by atoms with E-state index in [9.17, 15) is 0 Å². The van der Waals surface area contributed by atoms with Crippen molar-refractivity contribution in [1.29, 1.82) is 0 Å². The van der Waals surface area contributed by atoms with Crippen molar-refractivity contribution < 1.29 is 0 Å². The highest BCUT2D eigenvalue weighted by molar-refractivity contribution is 5.40. The lowest BCUT2D eigenvalue weighted by Crippen LogP contribution is -2.48. The molecule has 0 amide bonds. The third-order valence-corrected chi connectivity index (χ3v) is 2.98. The fraction of sp³-hybridized carbons (Fsp3) is 0.400. The summed E-state index contributed by atoms with van der Waals surface area (Å²) in [5.74, 6) is 0.839. The predicted molar refractivity (Wildman–Crippen MR) is 44.7 cm³/mol. The van der Waals surface area contributed by atoms with Crippen molar-refractivity contribution >= 4 is 0 Å². The molecule has 1 heterocycles. The summed E-state index contributed by atoms with van der Waals surface area (Å²) in [5.41, 5.74) is 3.16. The van der Waals surface area contributed by atoms with Gasteiger partial charge in [0.05, 0.1) is 0 Å². The minimum Gasteiger partial charge on any atom is -0.312 e. The van der Waals surface area contributed by atoms with E-state index in [4.69, 9.17) is 0 Å². The summed E-state index contributed by atoms with van der Waals surface area (Å²) < 4.78 is 0. The van der Waals surface area contributed by atoms with E-state index in [0.29, 0.717) is 0 Å². The third kappa shape index (κ3) is 0.641. The molecular weight excluding hydrogens is 134 g/mol.